The van der Waals surface area contributed by atoms with Gasteiger partial charge < -0.3 is 5.32 Å². The molecule has 0 saturated carbocycles. The van der Waals surface area contributed by atoms with Crippen LogP contribution in [0.4, 0.5) is 5.95 Å². The first kappa shape index (κ1) is 13.5. The van der Waals surface area contributed by atoms with Gasteiger partial charge in [-0.25, -0.2) is 4.68 Å². The van der Waals surface area contributed by atoms with E-state index in [1.54, 1.807) is 24.1 Å². The topological polar surface area (TPSA) is 68.5 Å². The average Bonchev–Trinajstić information content (AvgIpc) is 3.04. The summed E-state index contributed by atoms with van der Waals surface area (Å²) in [6.07, 6.45) is 3.45. The first-order valence-corrected chi connectivity index (χ1v) is 6.75. The van der Waals surface area contributed by atoms with E-state index in [1.165, 1.54) is 0 Å². The zero-order valence-electron chi connectivity index (χ0n) is 11.6. The molecule has 0 saturated heterocycles. The SMILES string of the molecule is CNc1nc(-c2ccc(C)c(Cl)c2)nc(-n2cccn2)n1. The molecule has 106 valence electrons. The van der Waals surface area contributed by atoms with Crippen LogP contribution in [-0.2, 0) is 0 Å². The highest BCUT2D eigenvalue weighted by atomic mass is 35.5. The van der Waals surface area contributed by atoms with E-state index in [9.17, 15) is 0 Å². The maximum Gasteiger partial charge on any atom is 0.255 e. The Kier molecular flexibility index (Phi) is 3.53. The van der Waals surface area contributed by atoms with E-state index in [0.717, 1.165) is 11.1 Å². The molecular weight excluding hydrogens is 288 g/mol. The lowest BCUT2D eigenvalue weighted by Crippen LogP contribution is -2.08. The van der Waals surface area contributed by atoms with E-state index < -0.39 is 0 Å². The number of rotatable bonds is 3. The summed E-state index contributed by atoms with van der Waals surface area (Å²) in [6, 6.07) is 7.53. The molecule has 0 fully saturated rings. The van der Waals surface area contributed by atoms with Crippen LogP contribution in [0.25, 0.3) is 17.3 Å². The third-order valence-electron chi connectivity index (χ3n) is 2.99. The van der Waals surface area contributed by atoms with E-state index in [-0.39, 0.29) is 0 Å². The lowest BCUT2D eigenvalue weighted by Gasteiger charge is -2.07. The number of aryl methyl sites for hydroxylation is 1. The smallest absolute Gasteiger partial charge is 0.255 e. The number of nitrogens with zero attached hydrogens (tertiary/aromatic N) is 5. The van der Waals surface area contributed by atoms with Crippen molar-refractivity contribution in [3.63, 3.8) is 0 Å². The van der Waals surface area contributed by atoms with Gasteiger partial charge in [-0.1, -0.05) is 23.7 Å². The third-order valence-corrected chi connectivity index (χ3v) is 3.39. The summed E-state index contributed by atoms with van der Waals surface area (Å²) in [5, 5.41) is 7.75. The van der Waals surface area contributed by atoms with E-state index in [0.29, 0.717) is 22.7 Å². The van der Waals surface area contributed by atoms with Gasteiger partial charge in [0.1, 0.15) is 0 Å². The van der Waals surface area contributed by atoms with Crippen molar-refractivity contribution in [3.8, 4) is 17.3 Å². The number of hydrogen-bond acceptors (Lipinski definition) is 5. The molecule has 7 heteroatoms. The number of nitrogens with one attached hydrogen (secondary N) is 1. The van der Waals surface area contributed by atoms with Crippen LogP contribution >= 0.6 is 11.6 Å². The Hall–Kier alpha value is -2.47. The van der Waals surface area contributed by atoms with Crippen LogP contribution in [0.5, 0.6) is 0 Å². The maximum atomic E-state index is 6.17. The second-order valence-electron chi connectivity index (χ2n) is 4.45. The molecule has 0 atom stereocenters. The standard InChI is InChI=1S/C14H13ClN6/c1-9-4-5-10(8-11(9)15)12-18-13(16-2)20-14(19-12)21-7-3-6-17-21/h3-8H,1-2H3,(H,16,18,19,20). The van der Waals surface area contributed by atoms with Crippen molar-refractivity contribution in [3.05, 3.63) is 47.2 Å². The molecule has 0 spiro atoms. The molecule has 3 rings (SSSR count). The summed E-state index contributed by atoms with van der Waals surface area (Å²) in [4.78, 5) is 13.1. The fraction of sp³-hybridized carbons (Fsp3) is 0.143. The predicted octanol–water partition coefficient (Wildman–Crippen LogP) is 2.73. The second-order valence-corrected chi connectivity index (χ2v) is 4.85. The average molecular weight is 301 g/mol. The van der Waals surface area contributed by atoms with Crippen molar-refractivity contribution in [2.75, 3.05) is 12.4 Å². The van der Waals surface area contributed by atoms with Crippen molar-refractivity contribution >= 4 is 17.5 Å². The maximum absolute atomic E-state index is 6.17. The van der Waals surface area contributed by atoms with Gasteiger partial charge in [0.2, 0.25) is 5.95 Å². The van der Waals surface area contributed by atoms with Gasteiger partial charge in [0.05, 0.1) is 0 Å². The molecule has 1 aromatic carbocycles. The fourth-order valence-electron chi connectivity index (χ4n) is 1.83. The zero-order valence-corrected chi connectivity index (χ0v) is 12.3. The van der Waals surface area contributed by atoms with Gasteiger partial charge >= 0.3 is 0 Å². The molecule has 0 aliphatic rings. The first-order valence-electron chi connectivity index (χ1n) is 6.38. The van der Waals surface area contributed by atoms with E-state index in [1.807, 2.05) is 31.2 Å². The fourth-order valence-corrected chi connectivity index (χ4v) is 2.01. The molecule has 0 aliphatic carbocycles. The number of anilines is 1. The highest BCUT2D eigenvalue weighted by Crippen LogP contribution is 2.23. The minimum absolute atomic E-state index is 0.450. The van der Waals surface area contributed by atoms with Gasteiger partial charge in [0.15, 0.2) is 5.82 Å². The summed E-state index contributed by atoms with van der Waals surface area (Å²) in [5.74, 6) is 1.47. The first-order chi connectivity index (χ1) is 10.2. The molecule has 1 N–H and O–H groups in total. The Bertz CT molecular complexity index is 769. The van der Waals surface area contributed by atoms with Crippen LogP contribution in [0, 0.1) is 6.92 Å². The lowest BCUT2D eigenvalue weighted by molar-refractivity contribution is 0.800. The molecule has 0 bridgehead atoms. The van der Waals surface area contributed by atoms with Gasteiger partial charge in [-0.3, -0.25) is 0 Å². The Morgan fingerprint density at radius 2 is 2.05 bits per heavy atom. The Morgan fingerprint density at radius 1 is 1.19 bits per heavy atom. The van der Waals surface area contributed by atoms with E-state index >= 15 is 0 Å². The van der Waals surface area contributed by atoms with E-state index in [2.05, 4.69) is 25.4 Å². The highest BCUT2D eigenvalue weighted by molar-refractivity contribution is 6.31. The molecule has 2 heterocycles. The minimum Gasteiger partial charge on any atom is -0.357 e. The molecule has 21 heavy (non-hydrogen) atoms. The lowest BCUT2D eigenvalue weighted by atomic mass is 10.1. The monoisotopic (exact) mass is 300 g/mol. The molecule has 0 aliphatic heterocycles. The summed E-state index contributed by atoms with van der Waals surface area (Å²) in [5.41, 5.74) is 1.84. The zero-order chi connectivity index (χ0) is 14.8. The van der Waals surface area contributed by atoms with Crippen LogP contribution in [0.15, 0.2) is 36.7 Å². The van der Waals surface area contributed by atoms with Crippen LogP contribution in [0.3, 0.4) is 0 Å². The molecular formula is C14H13ClN6. The van der Waals surface area contributed by atoms with Crippen molar-refractivity contribution in [2.45, 2.75) is 6.92 Å². The van der Waals surface area contributed by atoms with Crippen LogP contribution in [0.2, 0.25) is 5.02 Å². The van der Waals surface area contributed by atoms with Crippen LogP contribution in [-0.4, -0.2) is 31.8 Å². The highest BCUT2D eigenvalue weighted by Gasteiger charge is 2.10. The van der Waals surface area contributed by atoms with Crippen LogP contribution < -0.4 is 5.32 Å². The van der Waals surface area contributed by atoms with Crippen molar-refractivity contribution in [1.29, 1.82) is 0 Å². The summed E-state index contributed by atoms with van der Waals surface area (Å²) < 4.78 is 1.59. The van der Waals surface area contributed by atoms with Gasteiger partial charge in [-0.2, -0.15) is 20.1 Å². The molecule has 6 nitrogen and oxygen atoms in total. The Labute approximate surface area is 126 Å². The molecule has 3 aromatic rings. The van der Waals surface area contributed by atoms with Gasteiger partial charge in [0, 0.05) is 30.0 Å². The molecule has 2 aromatic heterocycles. The van der Waals surface area contributed by atoms with Gasteiger partial charge in [0.25, 0.3) is 5.95 Å². The molecule has 0 unspecified atom stereocenters. The Balaban J connectivity index is 2.13. The number of hydrogen-bond donors (Lipinski definition) is 1. The Morgan fingerprint density at radius 3 is 2.71 bits per heavy atom. The van der Waals surface area contributed by atoms with Crippen molar-refractivity contribution in [2.24, 2.45) is 0 Å². The number of benzene rings is 1. The second kappa shape index (κ2) is 5.49. The van der Waals surface area contributed by atoms with Crippen molar-refractivity contribution < 1.29 is 0 Å². The van der Waals surface area contributed by atoms with Crippen LogP contribution in [0.1, 0.15) is 5.56 Å². The number of aromatic nitrogens is 5. The third kappa shape index (κ3) is 2.71. The summed E-state index contributed by atoms with van der Waals surface area (Å²) in [6.45, 7) is 1.95. The summed E-state index contributed by atoms with van der Waals surface area (Å²) in [7, 11) is 1.76. The van der Waals surface area contributed by atoms with Gasteiger partial charge in [-0.05, 0) is 24.6 Å². The number of halogens is 1. The van der Waals surface area contributed by atoms with Crippen molar-refractivity contribution in [1.82, 2.24) is 24.7 Å². The summed E-state index contributed by atoms with van der Waals surface area (Å²) >= 11 is 6.17. The molecule has 0 amide bonds. The minimum atomic E-state index is 0.450. The largest absolute Gasteiger partial charge is 0.357 e. The predicted molar refractivity (Wildman–Crippen MR) is 81.7 cm³/mol. The van der Waals surface area contributed by atoms with E-state index in [4.69, 9.17) is 11.6 Å². The molecule has 0 radical (unpaired) electrons. The van der Waals surface area contributed by atoms with Gasteiger partial charge in [-0.15, -0.1) is 0 Å². The normalized spacial score (nSPS) is 10.6. The quantitative estimate of drug-likeness (QED) is 0.805.